The lowest BCUT2D eigenvalue weighted by molar-refractivity contribution is -0.940. The van der Waals surface area contributed by atoms with Crippen LogP contribution in [0.5, 0.6) is 0 Å². The first-order chi connectivity index (χ1) is 11.9. The molecule has 0 saturated carbocycles. The van der Waals surface area contributed by atoms with E-state index in [2.05, 4.69) is 52.1 Å². The summed E-state index contributed by atoms with van der Waals surface area (Å²) in [6.45, 7) is 14.1. The molecular formula is C22H37N2O+. The fourth-order valence-electron chi connectivity index (χ4n) is 4.68. The van der Waals surface area contributed by atoms with E-state index < -0.39 is 0 Å². The summed E-state index contributed by atoms with van der Waals surface area (Å²) < 4.78 is 0.976. The fourth-order valence-corrected chi connectivity index (χ4v) is 4.68. The molecule has 1 unspecified atom stereocenters. The molecule has 1 aromatic carbocycles. The third-order valence-corrected chi connectivity index (χ3v) is 6.04. The number of amides is 1. The van der Waals surface area contributed by atoms with Gasteiger partial charge in [0.1, 0.15) is 0 Å². The van der Waals surface area contributed by atoms with Gasteiger partial charge < -0.3 is 9.80 Å². The van der Waals surface area contributed by atoms with Crippen LogP contribution in [0.4, 0.5) is 5.69 Å². The number of carbonyl (C=O) groups excluding carboxylic acids is 1. The Morgan fingerprint density at radius 3 is 2.08 bits per heavy atom. The summed E-state index contributed by atoms with van der Waals surface area (Å²) >= 11 is 0. The summed E-state index contributed by atoms with van der Waals surface area (Å²) in [6, 6.07) is 4.40. The molecule has 1 aromatic rings. The average molecular weight is 346 g/mol. The highest BCUT2D eigenvalue weighted by molar-refractivity contribution is 5.95. The van der Waals surface area contributed by atoms with Crippen molar-refractivity contribution in [2.75, 3.05) is 25.0 Å². The van der Waals surface area contributed by atoms with Crippen molar-refractivity contribution in [3.05, 3.63) is 28.8 Å². The van der Waals surface area contributed by atoms with Crippen LogP contribution in [0.1, 0.15) is 69.1 Å². The number of quaternary nitrogens is 1. The topological polar surface area (TPSA) is 29.1 Å². The molecule has 1 N–H and O–H groups in total. The molecule has 3 nitrogen and oxygen atoms in total. The van der Waals surface area contributed by atoms with E-state index in [1.807, 2.05) is 0 Å². The van der Waals surface area contributed by atoms with Gasteiger partial charge in [-0.15, -0.1) is 0 Å². The van der Waals surface area contributed by atoms with Crippen molar-refractivity contribution in [2.24, 2.45) is 0 Å². The van der Waals surface area contributed by atoms with Gasteiger partial charge in [0.05, 0.1) is 19.6 Å². The Hall–Kier alpha value is -1.35. The Bertz CT molecular complexity index is 563. The van der Waals surface area contributed by atoms with Crippen molar-refractivity contribution in [1.29, 1.82) is 0 Å². The van der Waals surface area contributed by atoms with Crippen LogP contribution < -0.4 is 5.32 Å². The Balaban J connectivity index is 2.28. The van der Waals surface area contributed by atoms with E-state index in [4.69, 9.17) is 0 Å². The lowest BCUT2D eigenvalue weighted by Gasteiger charge is -2.43. The van der Waals surface area contributed by atoms with Crippen LogP contribution in [0.3, 0.4) is 0 Å². The van der Waals surface area contributed by atoms with Crippen molar-refractivity contribution in [3.8, 4) is 0 Å². The Kier molecular flexibility index (Phi) is 7.06. The van der Waals surface area contributed by atoms with Crippen molar-refractivity contribution >= 4 is 11.6 Å². The molecule has 0 aliphatic carbocycles. The lowest BCUT2D eigenvalue weighted by atomic mass is 10.0. The van der Waals surface area contributed by atoms with Crippen molar-refractivity contribution in [1.82, 2.24) is 0 Å². The molecule has 3 heteroatoms. The number of benzene rings is 1. The number of likely N-dealkylation sites (N-methyl/N-ethyl adjacent to an activating group) is 1. The molecule has 1 fully saturated rings. The number of rotatable bonds is 6. The molecule has 140 valence electrons. The largest absolute Gasteiger partial charge is 0.320 e. The lowest BCUT2D eigenvalue weighted by Crippen LogP contribution is -2.60. The number of nitrogens with one attached hydrogen (secondary N) is 1. The van der Waals surface area contributed by atoms with Crippen LogP contribution in [0.25, 0.3) is 0 Å². The zero-order valence-corrected chi connectivity index (χ0v) is 17.0. The van der Waals surface area contributed by atoms with Gasteiger partial charge >= 0.3 is 0 Å². The van der Waals surface area contributed by atoms with E-state index in [0.717, 1.165) is 42.6 Å². The maximum atomic E-state index is 13.3. The second-order valence-electron chi connectivity index (χ2n) is 7.96. The van der Waals surface area contributed by atoms with Gasteiger partial charge in [-0.3, -0.25) is 4.79 Å². The normalized spacial score (nSPS) is 18.4. The Labute approximate surface area is 154 Å². The highest BCUT2D eigenvalue weighted by Crippen LogP contribution is 2.28. The highest BCUT2D eigenvalue weighted by Gasteiger charge is 2.40. The third-order valence-electron chi connectivity index (χ3n) is 6.04. The van der Waals surface area contributed by atoms with Crippen LogP contribution >= 0.6 is 0 Å². The monoisotopic (exact) mass is 345 g/mol. The summed E-state index contributed by atoms with van der Waals surface area (Å²) in [6.07, 6.45) is 7.18. The molecule has 1 aliphatic heterocycles. The maximum Gasteiger partial charge on any atom is 0.282 e. The number of carbonyl (C=O) groups is 1. The standard InChI is InChI=1S/C22H36N2O/c1-6-12-20(24(7-2)13-10-8-9-11-14-24)22(25)23-21-18(4)15-17(3)16-19(21)5/h15-16,20H,6-14H2,1-5H3/p+1. The van der Waals surface area contributed by atoms with Crippen molar-refractivity contribution in [3.63, 3.8) is 0 Å². The molecule has 0 spiro atoms. The maximum absolute atomic E-state index is 13.3. The third kappa shape index (κ3) is 4.63. The van der Waals surface area contributed by atoms with Gasteiger partial charge in [-0.25, -0.2) is 0 Å². The molecule has 1 atom stereocenters. The molecule has 0 radical (unpaired) electrons. The van der Waals surface area contributed by atoms with Gasteiger partial charge in [-0.2, -0.15) is 0 Å². The molecule has 0 bridgehead atoms. The SMILES string of the molecule is CCCC(C(=O)Nc1c(C)cc(C)cc1C)[N+]1(CC)CCCCCC1. The van der Waals surface area contributed by atoms with Gasteiger partial charge in [-0.1, -0.05) is 24.6 Å². The van der Waals surface area contributed by atoms with Gasteiger partial charge in [-0.05, 0) is 70.9 Å². The number of nitrogens with zero attached hydrogens (tertiary/aromatic N) is 1. The zero-order chi connectivity index (χ0) is 18.4. The second-order valence-corrected chi connectivity index (χ2v) is 7.96. The van der Waals surface area contributed by atoms with E-state index in [1.54, 1.807) is 0 Å². The van der Waals surface area contributed by atoms with Crippen molar-refractivity contribution in [2.45, 2.75) is 79.2 Å². The zero-order valence-electron chi connectivity index (χ0n) is 17.0. The van der Waals surface area contributed by atoms with E-state index in [0.29, 0.717) is 0 Å². The van der Waals surface area contributed by atoms with Gasteiger partial charge in [0, 0.05) is 12.1 Å². The summed E-state index contributed by atoms with van der Waals surface area (Å²) in [5, 5.41) is 3.31. The predicted molar refractivity (Wildman–Crippen MR) is 107 cm³/mol. The number of aryl methyl sites for hydroxylation is 3. The van der Waals surface area contributed by atoms with Crippen LogP contribution in [-0.2, 0) is 4.79 Å². The number of hydrogen-bond donors (Lipinski definition) is 1. The first-order valence-corrected chi connectivity index (χ1v) is 10.2. The second kappa shape index (κ2) is 8.84. The minimum atomic E-state index is 0.0770. The molecular weight excluding hydrogens is 308 g/mol. The molecule has 1 saturated heterocycles. The highest BCUT2D eigenvalue weighted by atomic mass is 16.2. The minimum absolute atomic E-state index is 0.0770. The number of likely N-dealkylation sites (tertiary alicyclic amines) is 1. The van der Waals surface area contributed by atoms with Crippen molar-refractivity contribution < 1.29 is 9.28 Å². The van der Waals surface area contributed by atoms with Crippen LogP contribution in [-0.4, -0.2) is 36.1 Å². The first kappa shape index (κ1) is 20.0. The molecule has 1 amide bonds. The van der Waals surface area contributed by atoms with Crippen LogP contribution in [0.2, 0.25) is 0 Å². The van der Waals surface area contributed by atoms with E-state index in [-0.39, 0.29) is 11.9 Å². The summed E-state index contributed by atoms with van der Waals surface area (Å²) in [5.74, 6) is 0.223. The minimum Gasteiger partial charge on any atom is -0.320 e. The molecule has 25 heavy (non-hydrogen) atoms. The molecule has 0 aromatic heterocycles. The Morgan fingerprint density at radius 2 is 1.60 bits per heavy atom. The van der Waals surface area contributed by atoms with E-state index in [9.17, 15) is 4.79 Å². The van der Waals surface area contributed by atoms with E-state index >= 15 is 0 Å². The molecule has 1 aliphatic rings. The van der Waals surface area contributed by atoms with Gasteiger partial charge in [0.25, 0.3) is 5.91 Å². The quantitative estimate of drug-likeness (QED) is 0.712. The predicted octanol–water partition coefficient (Wildman–Crippen LogP) is 5.13. The summed E-state index contributed by atoms with van der Waals surface area (Å²) in [4.78, 5) is 13.3. The van der Waals surface area contributed by atoms with Crippen LogP contribution in [0.15, 0.2) is 12.1 Å². The average Bonchev–Trinajstić information content (AvgIpc) is 2.82. The van der Waals surface area contributed by atoms with Gasteiger partial charge in [0.2, 0.25) is 0 Å². The Morgan fingerprint density at radius 1 is 1.04 bits per heavy atom. The summed E-state index contributed by atoms with van der Waals surface area (Å²) in [5.41, 5.74) is 4.60. The van der Waals surface area contributed by atoms with E-state index in [1.165, 1.54) is 42.4 Å². The molecule has 1 heterocycles. The molecule has 2 rings (SSSR count). The summed E-state index contributed by atoms with van der Waals surface area (Å²) in [7, 11) is 0. The van der Waals surface area contributed by atoms with Crippen LogP contribution in [0, 0.1) is 20.8 Å². The number of anilines is 1. The smallest absolute Gasteiger partial charge is 0.282 e. The number of hydrogen-bond acceptors (Lipinski definition) is 1. The first-order valence-electron chi connectivity index (χ1n) is 10.2. The van der Waals surface area contributed by atoms with Gasteiger partial charge in [0.15, 0.2) is 6.04 Å². The fraction of sp³-hybridized carbons (Fsp3) is 0.682.